The van der Waals surface area contributed by atoms with Crippen LogP contribution in [0.5, 0.6) is 0 Å². The summed E-state index contributed by atoms with van der Waals surface area (Å²) in [7, 11) is -3.73. The summed E-state index contributed by atoms with van der Waals surface area (Å²) >= 11 is 12.4. The molecule has 2 aromatic rings. The lowest BCUT2D eigenvalue weighted by molar-refractivity contribution is 0.582. The first-order chi connectivity index (χ1) is 9.79. The van der Waals surface area contributed by atoms with Gasteiger partial charge < -0.3 is 5.73 Å². The minimum Gasteiger partial charge on any atom is -0.389 e. The van der Waals surface area contributed by atoms with Gasteiger partial charge in [0, 0.05) is 21.9 Å². The third-order valence-corrected chi connectivity index (χ3v) is 5.86. The summed E-state index contributed by atoms with van der Waals surface area (Å²) < 4.78 is 27.2. The molecule has 8 heteroatoms. The molecular formula is C13H13ClN2O2S3. The molecule has 0 radical (unpaired) electrons. The van der Waals surface area contributed by atoms with Gasteiger partial charge in [0.15, 0.2) is 0 Å². The minimum atomic E-state index is -3.73. The Morgan fingerprint density at radius 1 is 1.38 bits per heavy atom. The van der Waals surface area contributed by atoms with Gasteiger partial charge in [-0.15, -0.1) is 11.3 Å². The van der Waals surface area contributed by atoms with Gasteiger partial charge in [0.2, 0.25) is 10.0 Å². The second-order valence-electron chi connectivity index (χ2n) is 4.35. The molecule has 3 N–H and O–H groups in total. The molecule has 0 saturated heterocycles. The molecule has 112 valence electrons. The van der Waals surface area contributed by atoms with Crippen molar-refractivity contribution < 1.29 is 8.42 Å². The van der Waals surface area contributed by atoms with Crippen LogP contribution in [0, 0.1) is 6.92 Å². The van der Waals surface area contributed by atoms with E-state index in [0.717, 1.165) is 9.75 Å². The van der Waals surface area contributed by atoms with Crippen molar-refractivity contribution >= 4 is 50.2 Å². The van der Waals surface area contributed by atoms with Crippen molar-refractivity contribution in [3.63, 3.8) is 0 Å². The lowest BCUT2D eigenvalue weighted by Crippen LogP contribution is -2.23. The summed E-state index contributed by atoms with van der Waals surface area (Å²) in [5, 5.41) is 0.130. The fourth-order valence-corrected chi connectivity index (χ4v) is 4.27. The third-order valence-electron chi connectivity index (χ3n) is 2.74. The number of thiocarbonyl (C=S) groups is 1. The van der Waals surface area contributed by atoms with Crippen LogP contribution in [-0.2, 0) is 16.6 Å². The Morgan fingerprint density at radius 2 is 2.10 bits per heavy atom. The van der Waals surface area contributed by atoms with Crippen LogP contribution in [0.2, 0.25) is 5.02 Å². The van der Waals surface area contributed by atoms with Gasteiger partial charge in [-0.25, -0.2) is 13.1 Å². The number of nitrogens with two attached hydrogens (primary N) is 1. The molecule has 0 atom stereocenters. The van der Waals surface area contributed by atoms with Crippen molar-refractivity contribution in [2.24, 2.45) is 5.73 Å². The Kier molecular flexibility index (Phi) is 5.00. The Bertz CT molecular complexity index is 784. The highest BCUT2D eigenvalue weighted by Gasteiger charge is 2.19. The van der Waals surface area contributed by atoms with Crippen molar-refractivity contribution in [1.29, 1.82) is 0 Å². The van der Waals surface area contributed by atoms with Crippen LogP contribution in [0.4, 0.5) is 0 Å². The quantitative estimate of drug-likeness (QED) is 0.804. The number of aryl methyl sites for hydroxylation is 1. The Labute approximate surface area is 138 Å². The standard InChI is InChI=1S/C13H13ClN2O2S3/c1-8-2-4-10(20-8)7-16-21(17,18)12-6-9(13(15)19)3-5-11(12)14/h2-6,16H,7H2,1H3,(H2,15,19). The average Bonchev–Trinajstić information content (AvgIpc) is 2.82. The normalized spacial score (nSPS) is 11.5. The average molecular weight is 361 g/mol. The number of sulfonamides is 1. The number of hydrogen-bond acceptors (Lipinski definition) is 4. The van der Waals surface area contributed by atoms with Crippen LogP contribution < -0.4 is 10.5 Å². The molecule has 1 heterocycles. The fraction of sp³-hybridized carbons (Fsp3) is 0.154. The summed E-state index contributed by atoms with van der Waals surface area (Å²) in [6.07, 6.45) is 0. The van der Waals surface area contributed by atoms with Gasteiger partial charge in [-0.3, -0.25) is 0 Å². The van der Waals surface area contributed by atoms with Crippen LogP contribution in [0.15, 0.2) is 35.2 Å². The maximum atomic E-state index is 12.3. The van der Waals surface area contributed by atoms with E-state index in [-0.39, 0.29) is 21.5 Å². The van der Waals surface area contributed by atoms with Gasteiger partial charge in [-0.2, -0.15) is 0 Å². The number of halogens is 1. The van der Waals surface area contributed by atoms with Crippen molar-refractivity contribution in [2.45, 2.75) is 18.4 Å². The highest BCUT2D eigenvalue weighted by atomic mass is 35.5. The van der Waals surface area contributed by atoms with Gasteiger partial charge in [-0.1, -0.05) is 29.9 Å². The Balaban J connectivity index is 2.26. The fourth-order valence-electron chi connectivity index (χ4n) is 1.69. The lowest BCUT2D eigenvalue weighted by atomic mass is 10.2. The first kappa shape index (κ1) is 16.4. The molecule has 0 aliphatic rings. The zero-order chi connectivity index (χ0) is 15.6. The smallest absolute Gasteiger partial charge is 0.242 e. The van der Waals surface area contributed by atoms with Crippen LogP contribution >= 0.6 is 35.2 Å². The largest absolute Gasteiger partial charge is 0.389 e. The lowest BCUT2D eigenvalue weighted by Gasteiger charge is -2.09. The molecule has 0 unspecified atom stereocenters. The summed E-state index contributed by atoms with van der Waals surface area (Å²) in [5.41, 5.74) is 5.98. The number of benzene rings is 1. The molecule has 0 aliphatic heterocycles. The maximum Gasteiger partial charge on any atom is 0.242 e. The topological polar surface area (TPSA) is 72.2 Å². The molecule has 0 bridgehead atoms. The van der Waals surface area contributed by atoms with E-state index in [9.17, 15) is 8.42 Å². The van der Waals surface area contributed by atoms with E-state index in [1.165, 1.54) is 23.5 Å². The van der Waals surface area contributed by atoms with Crippen LogP contribution in [-0.4, -0.2) is 13.4 Å². The van der Waals surface area contributed by atoms with Gasteiger partial charge in [0.05, 0.1) is 5.02 Å². The summed E-state index contributed by atoms with van der Waals surface area (Å²) in [6, 6.07) is 8.27. The first-order valence-electron chi connectivity index (χ1n) is 5.94. The van der Waals surface area contributed by atoms with Crippen molar-refractivity contribution in [3.05, 3.63) is 50.7 Å². The Morgan fingerprint density at radius 3 is 2.67 bits per heavy atom. The summed E-state index contributed by atoms with van der Waals surface area (Å²) in [6.45, 7) is 2.18. The number of hydrogen-bond donors (Lipinski definition) is 2. The van der Waals surface area contributed by atoms with Crippen LogP contribution in [0.3, 0.4) is 0 Å². The monoisotopic (exact) mass is 360 g/mol. The molecule has 21 heavy (non-hydrogen) atoms. The molecular weight excluding hydrogens is 348 g/mol. The zero-order valence-corrected chi connectivity index (χ0v) is 14.3. The predicted molar refractivity (Wildman–Crippen MR) is 90.4 cm³/mol. The highest BCUT2D eigenvalue weighted by Crippen LogP contribution is 2.23. The number of thiophene rings is 1. The molecule has 0 fully saturated rings. The van der Waals surface area contributed by atoms with E-state index in [0.29, 0.717) is 5.56 Å². The number of nitrogens with one attached hydrogen (secondary N) is 1. The van der Waals surface area contributed by atoms with Crippen molar-refractivity contribution in [1.82, 2.24) is 4.72 Å². The molecule has 1 aromatic carbocycles. The molecule has 0 saturated carbocycles. The highest BCUT2D eigenvalue weighted by molar-refractivity contribution is 7.89. The SMILES string of the molecule is Cc1ccc(CNS(=O)(=O)c2cc(C(N)=S)ccc2Cl)s1. The van der Waals surface area contributed by atoms with E-state index < -0.39 is 10.0 Å². The Hall–Kier alpha value is -0.990. The molecule has 0 spiro atoms. The van der Waals surface area contributed by atoms with Crippen molar-refractivity contribution in [2.75, 3.05) is 0 Å². The first-order valence-corrected chi connectivity index (χ1v) is 9.02. The van der Waals surface area contributed by atoms with Gasteiger partial charge in [0.1, 0.15) is 9.88 Å². The third kappa shape index (κ3) is 4.02. The van der Waals surface area contributed by atoms with E-state index in [4.69, 9.17) is 29.6 Å². The van der Waals surface area contributed by atoms with Gasteiger partial charge in [-0.05, 0) is 31.2 Å². The number of rotatable bonds is 5. The molecule has 1 aromatic heterocycles. The molecule has 0 amide bonds. The van der Waals surface area contributed by atoms with E-state index in [2.05, 4.69) is 4.72 Å². The zero-order valence-electron chi connectivity index (χ0n) is 11.1. The predicted octanol–water partition coefficient (Wildman–Crippen LogP) is 2.82. The van der Waals surface area contributed by atoms with E-state index >= 15 is 0 Å². The molecule has 2 rings (SSSR count). The van der Waals surface area contributed by atoms with Gasteiger partial charge in [0.25, 0.3) is 0 Å². The van der Waals surface area contributed by atoms with E-state index in [1.54, 1.807) is 6.07 Å². The summed E-state index contributed by atoms with van der Waals surface area (Å²) in [5.74, 6) is 0. The van der Waals surface area contributed by atoms with Gasteiger partial charge >= 0.3 is 0 Å². The summed E-state index contributed by atoms with van der Waals surface area (Å²) in [4.78, 5) is 2.15. The second kappa shape index (κ2) is 6.41. The second-order valence-corrected chi connectivity index (χ2v) is 8.30. The van der Waals surface area contributed by atoms with E-state index in [1.807, 2.05) is 19.1 Å². The van der Waals surface area contributed by atoms with Crippen LogP contribution in [0.25, 0.3) is 0 Å². The van der Waals surface area contributed by atoms with Crippen molar-refractivity contribution in [3.8, 4) is 0 Å². The molecule has 0 aliphatic carbocycles. The maximum absolute atomic E-state index is 12.3. The molecule has 4 nitrogen and oxygen atoms in total. The van der Waals surface area contributed by atoms with Crippen LogP contribution in [0.1, 0.15) is 15.3 Å². The minimum absolute atomic E-state index is 0.0252.